The van der Waals surface area contributed by atoms with Gasteiger partial charge in [0.05, 0.1) is 22.1 Å². The van der Waals surface area contributed by atoms with Crippen LogP contribution in [-0.4, -0.2) is 43.2 Å². The highest BCUT2D eigenvalue weighted by Crippen LogP contribution is 2.33. The smallest absolute Gasteiger partial charge is 0.159 e. The fourth-order valence-corrected chi connectivity index (χ4v) is 4.82. The molecule has 1 saturated heterocycles. The Morgan fingerprint density at radius 2 is 1.97 bits per heavy atom. The first-order valence-corrected chi connectivity index (χ1v) is 10.7. The molecular formula is C21H19N7S. The summed E-state index contributed by atoms with van der Waals surface area (Å²) in [7, 11) is 0. The van der Waals surface area contributed by atoms with E-state index in [0.29, 0.717) is 5.92 Å². The predicted molar refractivity (Wildman–Crippen MR) is 115 cm³/mol. The van der Waals surface area contributed by atoms with Gasteiger partial charge in [-0.05, 0) is 49.5 Å². The molecule has 5 aromatic heterocycles. The van der Waals surface area contributed by atoms with E-state index in [1.54, 1.807) is 11.3 Å². The predicted octanol–water partition coefficient (Wildman–Crippen LogP) is 4.09. The molecule has 0 aliphatic carbocycles. The Morgan fingerprint density at radius 1 is 1.03 bits per heavy atom. The number of rotatable bonds is 3. The minimum absolute atomic E-state index is 0.494. The first-order valence-electron chi connectivity index (χ1n) is 9.80. The van der Waals surface area contributed by atoms with Crippen molar-refractivity contribution in [2.75, 3.05) is 13.1 Å². The lowest BCUT2D eigenvalue weighted by molar-refractivity contribution is 0.453. The summed E-state index contributed by atoms with van der Waals surface area (Å²) in [6, 6.07) is 8.24. The van der Waals surface area contributed by atoms with Gasteiger partial charge in [0.1, 0.15) is 16.9 Å². The molecule has 8 heteroatoms. The Hall–Kier alpha value is -3.10. The van der Waals surface area contributed by atoms with Crippen molar-refractivity contribution in [1.82, 2.24) is 35.5 Å². The fourth-order valence-electron chi connectivity index (χ4n) is 4.10. The van der Waals surface area contributed by atoms with Gasteiger partial charge in [-0.25, -0.2) is 4.98 Å². The van der Waals surface area contributed by atoms with Crippen molar-refractivity contribution in [3.05, 3.63) is 47.7 Å². The molecule has 0 unspecified atom stereocenters. The highest BCUT2D eigenvalue weighted by molar-refractivity contribution is 7.13. The number of aromatic amines is 2. The highest BCUT2D eigenvalue weighted by Gasteiger charge is 2.20. The zero-order chi connectivity index (χ0) is 19.2. The van der Waals surface area contributed by atoms with E-state index in [1.807, 2.05) is 24.5 Å². The van der Waals surface area contributed by atoms with Gasteiger partial charge in [-0.3, -0.25) is 15.1 Å². The van der Waals surface area contributed by atoms with Crippen molar-refractivity contribution >= 4 is 33.3 Å². The lowest BCUT2D eigenvalue weighted by atomic mass is 9.93. The first kappa shape index (κ1) is 16.8. The lowest BCUT2D eigenvalue weighted by Gasteiger charge is -2.21. The number of H-pyrrole nitrogens is 2. The molecule has 1 aliphatic heterocycles. The van der Waals surface area contributed by atoms with Crippen LogP contribution in [0, 0.1) is 0 Å². The van der Waals surface area contributed by atoms with E-state index in [4.69, 9.17) is 4.98 Å². The molecule has 0 radical (unpaired) electrons. The summed E-state index contributed by atoms with van der Waals surface area (Å²) in [5.41, 5.74) is 5.62. The molecule has 6 heterocycles. The standard InChI is InChI=1S/C21H19N7S/c1-2-17(29-9-1)20-19-14(5-8-23-20)25-21(26-19)18-13-10-15(12-3-6-22-7-4-12)24-11-16(13)27-28-18/h1-2,5,8-12,22H,3-4,6-7H2,(H,25,26)(H,27,28). The third-order valence-corrected chi connectivity index (χ3v) is 6.48. The second-order valence-corrected chi connectivity index (χ2v) is 8.32. The van der Waals surface area contributed by atoms with Crippen LogP contribution >= 0.6 is 11.3 Å². The number of thiophene rings is 1. The number of pyridine rings is 2. The lowest BCUT2D eigenvalue weighted by Crippen LogP contribution is -2.27. The van der Waals surface area contributed by atoms with Crippen molar-refractivity contribution in [3.63, 3.8) is 0 Å². The van der Waals surface area contributed by atoms with Crippen LogP contribution in [0.15, 0.2) is 42.0 Å². The SMILES string of the molecule is c1csc(-c2nccc3[nH]c(-c4n[nH]c5cnc(C6CCNCC6)cc45)nc23)c1. The van der Waals surface area contributed by atoms with Crippen molar-refractivity contribution < 1.29 is 0 Å². The number of hydrogen-bond donors (Lipinski definition) is 3. The van der Waals surface area contributed by atoms with Crippen molar-refractivity contribution in [1.29, 1.82) is 0 Å². The van der Waals surface area contributed by atoms with Crippen molar-refractivity contribution in [2.45, 2.75) is 18.8 Å². The molecule has 1 aliphatic rings. The number of nitrogens with one attached hydrogen (secondary N) is 3. The first-order chi connectivity index (χ1) is 14.4. The van der Waals surface area contributed by atoms with Gasteiger partial charge in [0.15, 0.2) is 5.82 Å². The van der Waals surface area contributed by atoms with Gasteiger partial charge < -0.3 is 10.3 Å². The van der Waals surface area contributed by atoms with E-state index >= 15 is 0 Å². The number of piperidine rings is 1. The maximum atomic E-state index is 4.88. The van der Waals surface area contributed by atoms with Crippen LogP contribution in [0.3, 0.4) is 0 Å². The number of fused-ring (bicyclic) bond motifs is 2. The maximum Gasteiger partial charge on any atom is 0.159 e. The molecule has 0 spiro atoms. The van der Waals surface area contributed by atoms with Crippen LogP contribution in [0.4, 0.5) is 0 Å². The zero-order valence-electron chi connectivity index (χ0n) is 15.6. The molecule has 0 amide bonds. The summed E-state index contributed by atoms with van der Waals surface area (Å²) >= 11 is 1.67. The summed E-state index contributed by atoms with van der Waals surface area (Å²) in [6.45, 7) is 2.09. The monoisotopic (exact) mass is 401 g/mol. The average molecular weight is 401 g/mol. The quantitative estimate of drug-likeness (QED) is 0.423. The van der Waals surface area contributed by atoms with Crippen molar-refractivity contribution in [3.8, 4) is 22.1 Å². The molecule has 7 nitrogen and oxygen atoms in total. The van der Waals surface area contributed by atoms with E-state index < -0.39 is 0 Å². The van der Waals surface area contributed by atoms with Gasteiger partial charge in [-0.15, -0.1) is 11.3 Å². The number of imidazole rings is 1. The Bertz CT molecular complexity index is 1300. The molecule has 0 saturated carbocycles. The number of hydrogen-bond acceptors (Lipinski definition) is 6. The van der Waals surface area contributed by atoms with E-state index in [0.717, 1.165) is 75.7 Å². The minimum atomic E-state index is 0.494. The van der Waals surface area contributed by atoms with E-state index in [2.05, 4.69) is 48.0 Å². The normalized spacial score (nSPS) is 15.4. The Kier molecular flexibility index (Phi) is 3.92. The summed E-state index contributed by atoms with van der Waals surface area (Å²) < 4.78 is 0. The van der Waals surface area contributed by atoms with Crippen LogP contribution in [0.2, 0.25) is 0 Å². The van der Waals surface area contributed by atoms with Crippen LogP contribution in [-0.2, 0) is 0 Å². The van der Waals surface area contributed by atoms with Gasteiger partial charge in [0.25, 0.3) is 0 Å². The van der Waals surface area contributed by atoms with Gasteiger partial charge in [0.2, 0.25) is 0 Å². The molecule has 5 aromatic rings. The highest BCUT2D eigenvalue weighted by atomic mass is 32.1. The van der Waals surface area contributed by atoms with Crippen LogP contribution in [0.25, 0.3) is 44.0 Å². The van der Waals surface area contributed by atoms with E-state index in [9.17, 15) is 0 Å². The van der Waals surface area contributed by atoms with Crippen LogP contribution in [0.5, 0.6) is 0 Å². The average Bonchev–Trinajstić information content (AvgIpc) is 3.52. The van der Waals surface area contributed by atoms with Crippen LogP contribution in [0.1, 0.15) is 24.5 Å². The Morgan fingerprint density at radius 3 is 2.83 bits per heavy atom. The van der Waals surface area contributed by atoms with E-state index in [-0.39, 0.29) is 0 Å². The minimum Gasteiger partial charge on any atom is -0.336 e. The molecule has 1 fully saturated rings. The third kappa shape index (κ3) is 2.83. The maximum absolute atomic E-state index is 4.88. The molecule has 6 rings (SSSR count). The second-order valence-electron chi connectivity index (χ2n) is 7.37. The molecule has 3 N–H and O–H groups in total. The molecule has 29 heavy (non-hydrogen) atoms. The van der Waals surface area contributed by atoms with Crippen molar-refractivity contribution in [2.24, 2.45) is 0 Å². The molecule has 0 atom stereocenters. The Balaban J connectivity index is 1.48. The molecule has 0 aromatic carbocycles. The summed E-state index contributed by atoms with van der Waals surface area (Å²) in [4.78, 5) is 18.7. The van der Waals surface area contributed by atoms with E-state index in [1.165, 1.54) is 0 Å². The van der Waals surface area contributed by atoms with Gasteiger partial charge >= 0.3 is 0 Å². The molecular weight excluding hydrogens is 382 g/mol. The molecule has 144 valence electrons. The topological polar surface area (TPSA) is 95.2 Å². The number of aromatic nitrogens is 6. The van der Waals surface area contributed by atoms with Gasteiger partial charge in [-0.1, -0.05) is 6.07 Å². The summed E-state index contributed by atoms with van der Waals surface area (Å²) in [6.07, 6.45) is 5.95. The second kappa shape index (κ2) is 6.75. The summed E-state index contributed by atoms with van der Waals surface area (Å²) in [5.74, 6) is 1.24. The third-order valence-electron chi connectivity index (χ3n) is 5.61. The largest absolute Gasteiger partial charge is 0.336 e. The Labute approximate surface area is 170 Å². The fraction of sp³-hybridized carbons (Fsp3) is 0.238. The van der Waals surface area contributed by atoms with Gasteiger partial charge in [-0.2, -0.15) is 5.10 Å². The van der Waals surface area contributed by atoms with Gasteiger partial charge in [0, 0.05) is 23.2 Å². The summed E-state index contributed by atoms with van der Waals surface area (Å²) in [5, 5.41) is 14.2. The van der Waals surface area contributed by atoms with Crippen LogP contribution < -0.4 is 5.32 Å². The molecule has 0 bridgehead atoms. The zero-order valence-corrected chi connectivity index (χ0v) is 16.5. The number of nitrogens with zero attached hydrogens (tertiary/aromatic N) is 4.